The van der Waals surface area contributed by atoms with Gasteiger partial charge in [-0.05, 0) is 25.2 Å². The van der Waals surface area contributed by atoms with Gasteiger partial charge in [-0.25, -0.2) is 0 Å². The highest BCUT2D eigenvalue weighted by molar-refractivity contribution is 7.80. The van der Waals surface area contributed by atoms with E-state index in [2.05, 4.69) is 20.0 Å². The van der Waals surface area contributed by atoms with Crippen molar-refractivity contribution in [2.24, 2.45) is 0 Å². The topological polar surface area (TPSA) is 60.5 Å². The van der Waals surface area contributed by atoms with Crippen LogP contribution in [0.25, 0.3) is 0 Å². The quantitative estimate of drug-likeness (QED) is 0.454. The summed E-state index contributed by atoms with van der Waals surface area (Å²) in [5.41, 5.74) is 0. The Morgan fingerprint density at radius 2 is 1.44 bits per heavy atom. The minimum absolute atomic E-state index is 0.218. The lowest BCUT2D eigenvalue weighted by molar-refractivity contribution is -0.136. The second-order valence-electron chi connectivity index (χ2n) is 7.30. The molecule has 9 heteroatoms. The number of nitrogens with one attached hydrogen (secondary N) is 1. The molecule has 154 valence electrons. The first kappa shape index (κ1) is 20.7. The van der Waals surface area contributed by atoms with Gasteiger partial charge < -0.3 is 24.6 Å². The average Bonchev–Trinajstić information content (AvgIpc) is 2.73. The van der Waals surface area contributed by atoms with Gasteiger partial charge in [-0.3, -0.25) is 14.6 Å². The zero-order valence-electron chi connectivity index (χ0n) is 16.2. The van der Waals surface area contributed by atoms with Crippen molar-refractivity contribution in [1.29, 1.82) is 0 Å². The SMILES string of the molecule is O=C(CN1CCN(C(=S)NCCCN2CCOCC2)CC1)N1CCOCC1. The van der Waals surface area contributed by atoms with Crippen molar-refractivity contribution in [2.45, 2.75) is 6.42 Å². The number of rotatable bonds is 6. The van der Waals surface area contributed by atoms with Crippen molar-refractivity contribution in [1.82, 2.24) is 24.9 Å². The molecule has 0 spiro atoms. The lowest BCUT2D eigenvalue weighted by Gasteiger charge is -2.37. The summed E-state index contributed by atoms with van der Waals surface area (Å²) in [6.07, 6.45) is 1.09. The molecule has 1 amide bonds. The Hall–Kier alpha value is -1.00. The first-order chi connectivity index (χ1) is 13.2. The van der Waals surface area contributed by atoms with Gasteiger partial charge in [0.15, 0.2) is 5.11 Å². The smallest absolute Gasteiger partial charge is 0.236 e. The highest BCUT2D eigenvalue weighted by Gasteiger charge is 2.23. The van der Waals surface area contributed by atoms with Gasteiger partial charge in [0, 0.05) is 58.9 Å². The molecule has 0 aromatic heterocycles. The number of carbonyl (C=O) groups is 1. The predicted octanol–water partition coefficient (Wildman–Crippen LogP) is -0.940. The van der Waals surface area contributed by atoms with Crippen LogP contribution >= 0.6 is 12.2 Å². The highest BCUT2D eigenvalue weighted by atomic mass is 32.1. The number of hydrogen-bond donors (Lipinski definition) is 1. The Labute approximate surface area is 167 Å². The van der Waals surface area contributed by atoms with Crippen LogP contribution in [0.2, 0.25) is 0 Å². The van der Waals surface area contributed by atoms with E-state index in [0.717, 1.165) is 90.2 Å². The van der Waals surface area contributed by atoms with Crippen molar-refractivity contribution in [3.05, 3.63) is 0 Å². The van der Waals surface area contributed by atoms with Crippen molar-refractivity contribution in [2.75, 3.05) is 98.4 Å². The first-order valence-corrected chi connectivity index (χ1v) is 10.5. The van der Waals surface area contributed by atoms with Crippen LogP contribution in [0.4, 0.5) is 0 Å². The number of thiocarbonyl (C=S) groups is 1. The molecule has 0 aromatic rings. The van der Waals surface area contributed by atoms with Gasteiger partial charge in [-0.1, -0.05) is 0 Å². The van der Waals surface area contributed by atoms with E-state index in [1.807, 2.05) is 4.90 Å². The molecule has 8 nitrogen and oxygen atoms in total. The number of nitrogens with zero attached hydrogens (tertiary/aromatic N) is 4. The van der Waals surface area contributed by atoms with Crippen LogP contribution in [0, 0.1) is 0 Å². The summed E-state index contributed by atoms with van der Waals surface area (Å²) in [4.78, 5) is 21.2. The summed E-state index contributed by atoms with van der Waals surface area (Å²) < 4.78 is 10.7. The van der Waals surface area contributed by atoms with Crippen LogP contribution in [-0.4, -0.2) is 129 Å². The molecule has 0 atom stereocenters. The minimum atomic E-state index is 0.218. The molecule has 0 aromatic carbocycles. The van der Waals surface area contributed by atoms with Gasteiger partial charge in [0.2, 0.25) is 5.91 Å². The molecule has 3 aliphatic rings. The zero-order valence-corrected chi connectivity index (χ0v) is 17.1. The molecule has 3 aliphatic heterocycles. The van der Waals surface area contributed by atoms with Crippen LogP contribution in [-0.2, 0) is 14.3 Å². The van der Waals surface area contributed by atoms with Crippen molar-refractivity contribution in [3.63, 3.8) is 0 Å². The van der Waals surface area contributed by atoms with Gasteiger partial charge in [-0.15, -0.1) is 0 Å². The summed E-state index contributed by atoms with van der Waals surface area (Å²) in [5, 5.41) is 4.23. The van der Waals surface area contributed by atoms with Crippen LogP contribution < -0.4 is 5.32 Å². The lowest BCUT2D eigenvalue weighted by Crippen LogP contribution is -2.54. The van der Waals surface area contributed by atoms with Crippen molar-refractivity contribution < 1.29 is 14.3 Å². The summed E-state index contributed by atoms with van der Waals surface area (Å²) in [6.45, 7) is 12.6. The van der Waals surface area contributed by atoms with Gasteiger partial charge in [0.05, 0.1) is 33.0 Å². The van der Waals surface area contributed by atoms with E-state index in [1.54, 1.807) is 0 Å². The van der Waals surface area contributed by atoms with E-state index < -0.39 is 0 Å². The second-order valence-corrected chi connectivity index (χ2v) is 7.68. The van der Waals surface area contributed by atoms with Gasteiger partial charge >= 0.3 is 0 Å². The van der Waals surface area contributed by atoms with E-state index in [4.69, 9.17) is 21.7 Å². The predicted molar refractivity (Wildman–Crippen MR) is 108 cm³/mol. The third-order valence-electron chi connectivity index (χ3n) is 5.41. The summed E-state index contributed by atoms with van der Waals surface area (Å²) in [6, 6.07) is 0. The third-order valence-corrected chi connectivity index (χ3v) is 5.82. The molecule has 0 saturated carbocycles. The molecule has 0 unspecified atom stereocenters. The maximum absolute atomic E-state index is 12.4. The van der Waals surface area contributed by atoms with Gasteiger partial charge in [0.25, 0.3) is 0 Å². The fraction of sp³-hybridized carbons (Fsp3) is 0.889. The van der Waals surface area contributed by atoms with Crippen LogP contribution in [0.1, 0.15) is 6.42 Å². The standard InChI is InChI=1S/C18H33N5O3S/c24-17(22-10-14-26-15-11-22)16-21-4-6-23(7-5-21)18(27)19-2-1-3-20-8-12-25-13-9-20/h1-16H2,(H,19,27). The third kappa shape index (κ3) is 6.83. The monoisotopic (exact) mass is 399 g/mol. The summed E-state index contributed by atoms with van der Waals surface area (Å²) in [5.74, 6) is 0.218. The Morgan fingerprint density at radius 1 is 0.815 bits per heavy atom. The van der Waals surface area contributed by atoms with E-state index in [9.17, 15) is 4.79 Å². The number of amides is 1. The number of hydrogen-bond acceptors (Lipinski definition) is 6. The molecular formula is C18H33N5O3S. The molecule has 0 radical (unpaired) electrons. The molecule has 3 heterocycles. The van der Waals surface area contributed by atoms with Crippen molar-refractivity contribution >= 4 is 23.2 Å². The molecule has 0 aliphatic carbocycles. The maximum atomic E-state index is 12.4. The van der Waals surface area contributed by atoms with Crippen LogP contribution in [0.15, 0.2) is 0 Å². The van der Waals surface area contributed by atoms with Gasteiger partial charge in [-0.2, -0.15) is 0 Å². The second kappa shape index (κ2) is 11.1. The molecule has 0 bridgehead atoms. The Balaban J connectivity index is 1.26. The van der Waals surface area contributed by atoms with Crippen LogP contribution in [0.3, 0.4) is 0 Å². The minimum Gasteiger partial charge on any atom is -0.379 e. The van der Waals surface area contributed by atoms with E-state index in [-0.39, 0.29) is 5.91 Å². The number of morpholine rings is 2. The molecule has 3 rings (SSSR count). The fourth-order valence-corrected chi connectivity index (χ4v) is 3.93. The van der Waals surface area contributed by atoms with Crippen LogP contribution in [0.5, 0.6) is 0 Å². The summed E-state index contributed by atoms with van der Waals surface area (Å²) >= 11 is 5.55. The molecule has 3 saturated heterocycles. The zero-order chi connectivity index (χ0) is 18.9. The van der Waals surface area contributed by atoms with E-state index >= 15 is 0 Å². The molecular weight excluding hydrogens is 366 g/mol. The Morgan fingerprint density at radius 3 is 2.11 bits per heavy atom. The normalized spacial score (nSPS) is 22.7. The van der Waals surface area contributed by atoms with E-state index in [0.29, 0.717) is 19.8 Å². The highest BCUT2D eigenvalue weighted by Crippen LogP contribution is 2.05. The average molecular weight is 400 g/mol. The van der Waals surface area contributed by atoms with E-state index in [1.165, 1.54) is 0 Å². The van der Waals surface area contributed by atoms with Crippen molar-refractivity contribution in [3.8, 4) is 0 Å². The summed E-state index contributed by atoms with van der Waals surface area (Å²) in [7, 11) is 0. The molecule has 1 N–H and O–H groups in total. The number of ether oxygens (including phenoxy) is 2. The lowest BCUT2D eigenvalue weighted by atomic mass is 10.3. The number of carbonyl (C=O) groups excluding carboxylic acids is 1. The Bertz CT molecular complexity index is 476. The first-order valence-electron chi connectivity index (χ1n) is 10.1. The fourth-order valence-electron chi connectivity index (χ4n) is 3.65. The molecule has 3 fully saturated rings. The molecule has 27 heavy (non-hydrogen) atoms. The Kier molecular flexibility index (Phi) is 8.53. The number of piperazine rings is 1. The van der Waals surface area contributed by atoms with Gasteiger partial charge in [0.1, 0.15) is 0 Å². The maximum Gasteiger partial charge on any atom is 0.236 e. The largest absolute Gasteiger partial charge is 0.379 e.